The van der Waals surface area contributed by atoms with Crippen molar-refractivity contribution < 1.29 is 4.79 Å². The van der Waals surface area contributed by atoms with Crippen molar-refractivity contribution in [1.29, 1.82) is 0 Å². The van der Waals surface area contributed by atoms with Gasteiger partial charge in [-0.25, -0.2) is 0 Å². The molecule has 0 spiro atoms. The quantitative estimate of drug-likeness (QED) is 0.727. The van der Waals surface area contributed by atoms with Crippen molar-refractivity contribution in [3.8, 4) is 0 Å². The van der Waals surface area contributed by atoms with Crippen molar-refractivity contribution in [2.45, 2.75) is 50.6 Å². The smallest absolute Gasteiger partial charge is 0.221 e. The number of likely N-dealkylation sites (N-methyl/N-ethyl adjacent to an activating group) is 1. The zero-order chi connectivity index (χ0) is 12.4. The van der Waals surface area contributed by atoms with Gasteiger partial charge in [0, 0.05) is 24.0 Å². The molecule has 0 unspecified atom stereocenters. The van der Waals surface area contributed by atoms with Gasteiger partial charge in [-0.05, 0) is 47.2 Å². The van der Waals surface area contributed by atoms with Crippen molar-refractivity contribution in [3.05, 3.63) is 0 Å². The fourth-order valence-corrected chi connectivity index (χ4v) is 2.11. The van der Waals surface area contributed by atoms with Crippen LogP contribution in [0.4, 0.5) is 0 Å². The summed E-state index contributed by atoms with van der Waals surface area (Å²) >= 11 is 0. The first kappa shape index (κ1) is 13.5. The van der Waals surface area contributed by atoms with Gasteiger partial charge in [0.2, 0.25) is 5.91 Å². The van der Waals surface area contributed by atoms with Crippen LogP contribution in [0.25, 0.3) is 0 Å². The Labute approximate surface area is 98.6 Å². The fraction of sp³-hybridized carbons (Fsp3) is 0.917. The minimum Gasteiger partial charge on any atom is -0.354 e. The molecule has 94 valence electrons. The Morgan fingerprint density at radius 2 is 2.00 bits per heavy atom. The molecule has 1 fully saturated rings. The van der Waals surface area contributed by atoms with Gasteiger partial charge in [-0.3, -0.25) is 4.79 Å². The standard InChI is InChI=1S/C12H25N3O/c1-11(2,13)8-10(16)14-9-12(15(3)4)6-5-7-12/h5-9,13H2,1-4H3,(H,14,16). The van der Waals surface area contributed by atoms with Crippen LogP contribution < -0.4 is 11.1 Å². The summed E-state index contributed by atoms with van der Waals surface area (Å²) in [6, 6.07) is 0. The van der Waals surface area contributed by atoms with Crippen LogP contribution in [-0.2, 0) is 4.79 Å². The number of nitrogens with zero attached hydrogens (tertiary/aromatic N) is 1. The molecule has 0 aromatic heterocycles. The van der Waals surface area contributed by atoms with Crippen LogP contribution in [0.5, 0.6) is 0 Å². The normalized spacial score (nSPS) is 19.4. The number of nitrogens with two attached hydrogens (primary N) is 1. The molecular weight excluding hydrogens is 202 g/mol. The first-order valence-corrected chi connectivity index (χ1v) is 5.98. The van der Waals surface area contributed by atoms with Crippen molar-refractivity contribution in [2.75, 3.05) is 20.6 Å². The lowest BCUT2D eigenvalue weighted by Crippen LogP contribution is -2.57. The van der Waals surface area contributed by atoms with Gasteiger partial charge in [-0.2, -0.15) is 0 Å². The summed E-state index contributed by atoms with van der Waals surface area (Å²) in [5.74, 6) is 0.0561. The molecule has 1 amide bonds. The second-order valence-electron chi connectivity index (χ2n) is 5.91. The van der Waals surface area contributed by atoms with E-state index in [2.05, 4.69) is 24.3 Å². The Morgan fingerprint density at radius 3 is 2.31 bits per heavy atom. The van der Waals surface area contributed by atoms with Crippen LogP contribution in [-0.4, -0.2) is 42.5 Å². The molecule has 0 aromatic carbocycles. The van der Waals surface area contributed by atoms with E-state index in [9.17, 15) is 4.79 Å². The molecule has 0 bridgehead atoms. The first-order chi connectivity index (χ1) is 7.25. The Morgan fingerprint density at radius 1 is 1.44 bits per heavy atom. The molecule has 0 aromatic rings. The van der Waals surface area contributed by atoms with Crippen molar-refractivity contribution >= 4 is 5.91 Å². The molecule has 0 radical (unpaired) electrons. The van der Waals surface area contributed by atoms with E-state index in [1.54, 1.807) is 0 Å². The summed E-state index contributed by atoms with van der Waals surface area (Å²) in [7, 11) is 4.16. The number of carbonyl (C=O) groups is 1. The topological polar surface area (TPSA) is 58.4 Å². The number of nitrogens with one attached hydrogen (secondary N) is 1. The molecule has 16 heavy (non-hydrogen) atoms. The van der Waals surface area contributed by atoms with E-state index >= 15 is 0 Å². The summed E-state index contributed by atoms with van der Waals surface area (Å²) in [6.45, 7) is 4.49. The zero-order valence-electron chi connectivity index (χ0n) is 11.0. The van der Waals surface area contributed by atoms with E-state index in [0.717, 1.165) is 6.54 Å². The number of rotatable bonds is 5. The lowest BCUT2D eigenvalue weighted by Gasteiger charge is -2.47. The predicted octanol–water partition coefficient (Wildman–Crippen LogP) is 0.714. The second kappa shape index (κ2) is 4.72. The highest BCUT2D eigenvalue weighted by molar-refractivity contribution is 5.77. The third-order valence-corrected chi connectivity index (χ3v) is 3.46. The highest BCUT2D eigenvalue weighted by Gasteiger charge is 2.39. The largest absolute Gasteiger partial charge is 0.354 e. The molecule has 4 nitrogen and oxygen atoms in total. The van der Waals surface area contributed by atoms with E-state index in [-0.39, 0.29) is 11.4 Å². The van der Waals surface area contributed by atoms with Gasteiger partial charge in [0.25, 0.3) is 0 Å². The summed E-state index contributed by atoms with van der Waals surface area (Å²) in [6.07, 6.45) is 3.99. The average molecular weight is 227 g/mol. The molecule has 3 N–H and O–H groups in total. The highest BCUT2D eigenvalue weighted by atomic mass is 16.1. The maximum atomic E-state index is 11.7. The van der Waals surface area contributed by atoms with Gasteiger partial charge >= 0.3 is 0 Å². The van der Waals surface area contributed by atoms with Gasteiger partial charge in [-0.1, -0.05) is 0 Å². The van der Waals surface area contributed by atoms with Crippen LogP contribution in [0.15, 0.2) is 0 Å². The number of hydrogen-bond acceptors (Lipinski definition) is 3. The van der Waals surface area contributed by atoms with Gasteiger partial charge in [0.05, 0.1) is 0 Å². The van der Waals surface area contributed by atoms with Crippen LogP contribution in [0.1, 0.15) is 39.5 Å². The molecule has 0 aliphatic heterocycles. The monoisotopic (exact) mass is 227 g/mol. The van der Waals surface area contributed by atoms with Gasteiger partial charge in [0.1, 0.15) is 0 Å². The molecular formula is C12H25N3O. The summed E-state index contributed by atoms with van der Waals surface area (Å²) < 4.78 is 0. The Kier molecular flexibility index (Phi) is 3.97. The third-order valence-electron chi connectivity index (χ3n) is 3.46. The first-order valence-electron chi connectivity index (χ1n) is 5.98. The number of hydrogen-bond donors (Lipinski definition) is 2. The molecule has 0 heterocycles. The van der Waals surface area contributed by atoms with E-state index in [4.69, 9.17) is 5.73 Å². The molecule has 0 saturated heterocycles. The zero-order valence-corrected chi connectivity index (χ0v) is 11.0. The summed E-state index contributed by atoms with van der Waals surface area (Å²) in [4.78, 5) is 13.9. The summed E-state index contributed by atoms with van der Waals surface area (Å²) in [5.41, 5.74) is 5.58. The molecule has 4 heteroatoms. The molecule has 0 atom stereocenters. The minimum atomic E-state index is -0.422. The second-order valence-corrected chi connectivity index (χ2v) is 5.91. The van der Waals surface area contributed by atoms with Crippen LogP contribution in [0.2, 0.25) is 0 Å². The third kappa shape index (κ3) is 3.46. The number of carbonyl (C=O) groups excluding carboxylic acids is 1. The van der Waals surface area contributed by atoms with Crippen molar-refractivity contribution in [1.82, 2.24) is 10.2 Å². The Balaban J connectivity index is 2.36. The molecule has 1 saturated carbocycles. The summed E-state index contributed by atoms with van der Waals surface area (Å²) in [5, 5.41) is 3.00. The van der Waals surface area contributed by atoms with Crippen LogP contribution >= 0.6 is 0 Å². The van der Waals surface area contributed by atoms with E-state index in [1.165, 1.54) is 19.3 Å². The predicted molar refractivity (Wildman–Crippen MR) is 66.2 cm³/mol. The Hall–Kier alpha value is -0.610. The van der Waals surface area contributed by atoms with Crippen molar-refractivity contribution in [2.24, 2.45) is 5.73 Å². The maximum Gasteiger partial charge on any atom is 0.221 e. The van der Waals surface area contributed by atoms with Gasteiger partial charge in [0.15, 0.2) is 0 Å². The van der Waals surface area contributed by atoms with Crippen LogP contribution in [0, 0.1) is 0 Å². The van der Waals surface area contributed by atoms with Gasteiger partial charge in [-0.15, -0.1) is 0 Å². The fourth-order valence-electron chi connectivity index (χ4n) is 2.11. The number of amides is 1. The van der Waals surface area contributed by atoms with E-state index < -0.39 is 5.54 Å². The molecule has 1 aliphatic carbocycles. The van der Waals surface area contributed by atoms with E-state index in [1.807, 2.05) is 13.8 Å². The molecule has 1 aliphatic rings. The van der Waals surface area contributed by atoms with Gasteiger partial charge < -0.3 is 16.0 Å². The van der Waals surface area contributed by atoms with Crippen molar-refractivity contribution in [3.63, 3.8) is 0 Å². The van der Waals surface area contributed by atoms with Crippen LogP contribution in [0.3, 0.4) is 0 Å². The Bertz CT molecular complexity index is 251. The maximum absolute atomic E-state index is 11.7. The van der Waals surface area contributed by atoms with E-state index in [0.29, 0.717) is 6.42 Å². The SMILES string of the molecule is CN(C)C1(CNC(=O)CC(C)(C)N)CCC1. The highest BCUT2D eigenvalue weighted by Crippen LogP contribution is 2.35. The molecule has 1 rings (SSSR count). The lowest BCUT2D eigenvalue weighted by molar-refractivity contribution is -0.123. The lowest BCUT2D eigenvalue weighted by atomic mass is 9.75. The minimum absolute atomic E-state index is 0.0561. The average Bonchev–Trinajstić information content (AvgIpc) is 1.97.